The van der Waals surface area contributed by atoms with Gasteiger partial charge in [-0.15, -0.1) is 0 Å². The topological polar surface area (TPSA) is 42.2 Å². The smallest absolute Gasteiger partial charge is 0.132 e. The molecule has 16 heavy (non-hydrogen) atoms. The summed E-state index contributed by atoms with van der Waals surface area (Å²) in [4.78, 5) is 6.30. The number of benzene rings is 1. The molecule has 0 unspecified atom stereocenters. The molecule has 1 aromatic heterocycles. The number of aryl methyl sites for hydroxylation is 1. The minimum Gasteiger partial charge on any atom is -0.398 e. The van der Waals surface area contributed by atoms with E-state index in [4.69, 9.17) is 5.73 Å². The van der Waals surface area contributed by atoms with Crippen molar-refractivity contribution in [2.75, 3.05) is 17.7 Å². The lowest BCUT2D eigenvalue weighted by Gasteiger charge is -2.18. The first-order valence-electron chi connectivity index (χ1n) is 5.19. The maximum Gasteiger partial charge on any atom is 0.132 e. The van der Waals surface area contributed by atoms with Gasteiger partial charge >= 0.3 is 0 Å². The van der Waals surface area contributed by atoms with E-state index >= 15 is 0 Å². The van der Waals surface area contributed by atoms with Crippen LogP contribution in [0, 0.1) is 6.92 Å². The van der Waals surface area contributed by atoms with Gasteiger partial charge in [-0.3, -0.25) is 0 Å². The molecule has 1 aromatic carbocycles. The predicted molar refractivity (Wildman–Crippen MR) is 67.9 cm³/mol. The normalized spacial score (nSPS) is 10.1. The molecular formula is C13H15N3. The van der Waals surface area contributed by atoms with Crippen LogP contribution in [0.4, 0.5) is 17.2 Å². The number of rotatable bonds is 2. The highest BCUT2D eigenvalue weighted by Crippen LogP contribution is 2.24. The standard InChI is InChI=1S/C13H15N3/c1-10-6-7-11(9-12(10)14)16(2)13-5-3-4-8-15-13/h3-9H,14H2,1-2H3. The van der Waals surface area contributed by atoms with Crippen molar-refractivity contribution in [2.45, 2.75) is 6.92 Å². The summed E-state index contributed by atoms with van der Waals surface area (Å²) >= 11 is 0. The molecule has 0 bridgehead atoms. The molecule has 0 fully saturated rings. The van der Waals surface area contributed by atoms with Crippen LogP contribution in [0.2, 0.25) is 0 Å². The van der Waals surface area contributed by atoms with Crippen LogP contribution in [0.3, 0.4) is 0 Å². The molecule has 0 radical (unpaired) electrons. The van der Waals surface area contributed by atoms with Crippen molar-refractivity contribution in [2.24, 2.45) is 0 Å². The van der Waals surface area contributed by atoms with Gasteiger partial charge in [0.1, 0.15) is 5.82 Å². The van der Waals surface area contributed by atoms with Crippen molar-refractivity contribution in [3.63, 3.8) is 0 Å². The third-order valence-electron chi connectivity index (χ3n) is 2.64. The molecule has 2 aromatic rings. The van der Waals surface area contributed by atoms with Crippen LogP contribution in [0.1, 0.15) is 5.56 Å². The van der Waals surface area contributed by atoms with Gasteiger partial charge in [0.2, 0.25) is 0 Å². The molecule has 0 saturated carbocycles. The fourth-order valence-electron chi connectivity index (χ4n) is 1.52. The Morgan fingerprint density at radius 3 is 2.62 bits per heavy atom. The van der Waals surface area contributed by atoms with E-state index in [1.54, 1.807) is 6.20 Å². The van der Waals surface area contributed by atoms with Gasteiger partial charge in [0.15, 0.2) is 0 Å². The quantitative estimate of drug-likeness (QED) is 0.780. The Bertz CT molecular complexity index is 480. The Hall–Kier alpha value is -2.03. The van der Waals surface area contributed by atoms with Gasteiger partial charge in [-0.05, 0) is 36.8 Å². The molecule has 0 spiro atoms. The van der Waals surface area contributed by atoms with Gasteiger partial charge in [0.05, 0.1) is 0 Å². The third-order valence-corrected chi connectivity index (χ3v) is 2.64. The predicted octanol–water partition coefficient (Wildman–Crippen LogP) is 2.74. The Kier molecular flexibility index (Phi) is 2.77. The number of hydrogen-bond acceptors (Lipinski definition) is 3. The van der Waals surface area contributed by atoms with Crippen molar-refractivity contribution < 1.29 is 0 Å². The zero-order valence-electron chi connectivity index (χ0n) is 9.51. The molecule has 3 heteroatoms. The summed E-state index contributed by atoms with van der Waals surface area (Å²) in [5.41, 5.74) is 8.83. The van der Waals surface area contributed by atoms with E-state index in [1.807, 2.05) is 55.3 Å². The van der Waals surface area contributed by atoms with Crippen molar-refractivity contribution in [1.29, 1.82) is 0 Å². The van der Waals surface area contributed by atoms with Crippen LogP contribution in [-0.4, -0.2) is 12.0 Å². The SMILES string of the molecule is Cc1ccc(N(C)c2ccccn2)cc1N. The Labute approximate surface area is 95.5 Å². The van der Waals surface area contributed by atoms with Crippen LogP contribution in [0.25, 0.3) is 0 Å². The number of hydrogen-bond donors (Lipinski definition) is 1. The van der Waals surface area contributed by atoms with Crippen molar-refractivity contribution in [3.8, 4) is 0 Å². The van der Waals surface area contributed by atoms with Crippen LogP contribution in [-0.2, 0) is 0 Å². The van der Waals surface area contributed by atoms with Gasteiger partial charge < -0.3 is 10.6 Å². The monoisotopic (exact) mass is 213 g/mol. The average Bonchev–Trinajstić information content (AvgIpc) is 2.33. The Morgan fingerprint density at radius 1 is 1.19 bits per heavy atom. The highest BCUT2D eigenvalue weighted by molar-refractivity contribution is 5.65. The molecule has 0 aliphatic heterocycles. The highest BCUT2D eigenvalue weighted by atomic mass is 15.2. The second-order valence-corrected chi connectivity index (χ2v) is 3.79. The number of anilines is 3. The van der Waals surface area contributed by atoms with Crippen LogP contribution in [0.15, 0.2) is 42.6 Å². The summed E-state index contributed by atoms with van der Waals surface area (Å²) in [7, 11) is 1.98. The lowest BCUT2D eigenvalue weighted by molar-refractivity contribution is 1.13. The number of aromatic nitrogens is 1. The van der Waals surface area contributed by atoms with E-state index in [-0.39, 0.29) is 0 Å². The molecule has 2 N–H and O–H groups in total. The van der Waals surface area contributed by atoms with Crippen LogP contribution < -0.4 is 10.6 Å². The molecular weight excluding hydrogens is 198 g/mol. The summed E-state index contributed by atoms with van der Waals surface area (Å²) in [6, 6.07) is 11.9. The number of nitrogens with zero attached hydrogens (tertiary/aromatic N) is 2. The first-order valence-corrected chi connectivity index (χ1v) is 5.19. The van der Waals surface area contributed by atoms with Gasteiger partial charge in [-0.25, -0.2) is 4.98 Å². The van der Waals surface area contributed by atoms with E-state index in [0.717, 1.165) is 22.8 Å². The summed E-state index contributed by atoms with van der Waals surface area (Å²) in [6.45, 7) is 2.00. The van der Waals surface area contributed by atoms with Crippen molar-refractivity contribution in [3.05, 3.63) is 48.2 Å². The third kappa shape index (κ3) is 1.98. The van der Waals surface area contributed by atoms with Gasteiger partial charge in [0.25, 0.3) is 0 Å². The largest absolute Gasteiger partial charge is 0.398 e. The average molecular weight is 213 g/mol. The summed E-state index contributed by atoms with van der Waals surface area (Å²) in [5.74, 6) is 0.908. The maximum atomic E-state index is 5.89. The second-order valence-electron chi connectivity index (χ2n) is 3.79. The van der Waals surface area contributed by atoms with Crippen LogP contribution in [0.5, 0.6) is 0 Å². The minimum absolute atomic E-state index is 0.806. The van der Waals surface area contributed by atoms with Crippen LogP contribution >= 0.6 is 0 Å². The molecule has 0 aliphatic carbocycles. The maximum absolute atomic E-state index is 5.89. The lowest BCUT2D eigenvalue weighted by Crippen LogP contribution is -2.11. The summed E-state index contributed by atoms with van der Waals surface area (Å²) in [6.07, 6.45) is 1.78. The minimum atomic E-state index is 0.806. The van der Waals surface area contributed by atoms with Gasteiger partial charge in [-0.2, -0.15) is 0 Å². The molecule has 0 aliphatic rings. The van der Waals surface area contributed by atoms with Gasteiger partial charge in [0, 0.05) is 24.6 Å². The number of nitrogens with two attached hydrogens (primary N) is 1. The fraction of sp³-hybridized carbons (Fsp3) is 0.154. The first-order chi connectivity index (χ1) is 7.68. The Morgan fingerprint density at radius 2 is 2.00 bits per heavy atom. The molecule has 2 rings (SSSR count). The van der Waals surface area contributed by atoms with E-state index in [9.17, 15) is 0 Å². The fourth-order valence-corrected chi connectivity index (χ4v) is 1.52. The number of nitrogen functional groups attached to an aromatic ring is 1. The lowest BCUT2D eigenvalue weighted by atomic mass is 10.2. The molecule has 1 heterocycles. The van der Waals surface area contributed by atoms with E-state index < -0.39 is 0 Å². The van der Waals surface area contributed by atoms with Crippen molar-refractivity contribution >= 4 is 17.2 Å². The highest BCUT2D eigenvalue weighted by Gasteiger charge is 2.05. The Balaban J connectivity index is 2.34. The molecule has 0 atom stereocenters. The second kappa shape index (κ2) is 4.23. The van der Waals surface area contributed by atoms with Gasteiger partial charge in [-0.1, -0.05) is 12.1 Å². The summed E-state index contributed by atoms with van der Waals surface area (Å²) < 4.78 is 0. The molecule has 82 valence electrons. The summed E-state index contributed by atoms with van der Waals surface area (Å²) in [5, 5.41) is 0. The number of pyridine rings is 1. The molecule has 3 nitrogen and oxygen atoms in total. The van der Waals surface area contributed by atoms with E-state index in [1.165, 1.54) is 0 Å². The van der Waals surface area contributed by atoms with E-state index in [2.05, 4.69) is 4.98 Å². The first kappa shape index (κ1) is 10.5. The zero-order valence-corrected chi connectivity index (χ0v) is 9.51. The van der Waals surface area contributed by atoms with E-state index in [0.29, 0.717) is 0 Å². The molecule has 0 amide bonds. The molecule has 0 saturated heterocycles. The zero-order chi connectivity index (χ0) is 11.5. The van der Waals surface area contributed by atoms with Crippen molar-refractivity contribution in [1.82, 2.24) is 4.98 Å².